The summed E-state index contributed by atoms with van der Waals surface area (Å²) in [6, 6.07) is 6.94. The lowest BCUT2D eigenvalue weighted by atomic mass is 9.96. The second-order valence-corrected chi connectivity index (χ2v) is 7.50. The van der Waals surface area contributed by atoms with Crippen LogP contribution in [0.15, 0.2) is 41.2 Å². The van der Waals surface area contributed by atoms with Gasteiger partial charge in [0.25, 0.3) is 11.8 Å². The molecular formula is C19H18N4O4S. The Hall–Kier alpha value is -3.07. The maximum absolute atomic E-state index is 12.7. The van der Waals surface area contributed by atoms with E-state index in [-0.39, 0.29) is 11.8 Å². The molecule has 1 aliphatic heterocycles. The number of aromatic nitrogens is 3. The van der Waals surface area contributed by atoms with Gasteiger partial charge in [0.1, 0.15) is 4.88 Å². The van der Waals surface area contributed by atoms with E-state index in [0.29, 0.717) is 34.6 Å². The van der Waals surface area contributed by atoms with E-state index in [0.717, 1.165) is 29.7 Å². The smallest absolute Gasteiger partial charge is 0.348 e. The molecule has 28 heavy (non-hydrogen) atoms. The van der Waals surface area contributed by atoms with Gasteiger partial charge in [-0.1, -0.05) is 5.16 Å². The number of thiophene rings is 1. The molecule has 1 saturated heterocycles. The zero-order chi connectivity index (χ0) is 19.5. The lowest BCUT2D eigenvalue weighted by Crippen LogP contribution is -2.37. The predicted molar refractivity (Wildman–Crippen MR) is 101 cm³/mol. The zero-order valence-electron chi connectivity index (χ0n) is 15.2. The molecule has 3 aromatic rings. The first kappa shape index (κ1) is 18.3. The highest BCUT2D eigenvalue weighted by Gasteiger charge is 2.28. The molecule has 9 heteroatoms. The summed E-state index contributed by atoms with van der Waals surface area (Å²) in [5.74, 6) is 0.805. The second kappa shape index (κ2) is 7.89. The summed E-state index contributed by atoms with van der Waals surface area (Å²) < 4.78 is 10.1. The fraction of sp³-hybridized carbons (Fsp3) is 0.316. The molecule has 0 atom stereocenters. The first-order chi connectivity index (χ1) is 13.7. The van der Waals surface area contributed by atoms with E-state index in [4.69, 9.17) is 9.26 Å². The average Bonchev–Trinajstić information content (AvgIpc) is 3.44. The summed E-state index contributed by atoms with van der Waals surface area (Å²) in [5, 5.41) is 4.12. The van der Waals surface area contributed by atoms with Crippen molar-refractivity contribution in [2.45, 2.75) is 18.8 Å². The van der Waals surface area contributed by atoms with Gasteiger partial charge in [-0.15, -0.1) is 11.3 Å². The van der Waals surface area contributed by atoms with Crippen LogP contribution in [0.4, 0.5) is 0 Å². The van der Waals surface area contributed by atoms with Crippen LogP contribution in [0.1, 0.15) is 43.9 Å². The highest BCUT2D eigenvalue weighted by Crippen LogP contribution is 2.29. The minimum atomic E-state index is -0.426. The monoisotopic (exact) mass is 398 g/mol. The number of pyridine rings is 1. The normalized spacial score (nSPS) is 14.8. The van der Waals surface area contributed by atoms with Crippen molar-refractivity contribution in [1.29, 1.82) is 0 Å². The number of methoxy groups -OCH3 is 1. The van der Waals surface area contributed by atoms with Crippen molar-refractivity contribution in [2.24, 2.45) is 0 Å². The number of carbonyl (C=O) groups is 2. The molecule has 1 amide bonds. The van der Waals surface area contributed by atoms with Crippen molar-refractivity contribution in [3.05, 3.63) is 52.2 Å². The van der Waals surface area contributed by atoms with Crippen LogP contribution in [-0.2, 0) is 4.74 Å². The molecular weight excluding hydrogens is 380 g/mol. The summed E-state index contributed by atoms with van der Waals surface area (Å²) in [7, 11) is 1.33. The summed E-state index contributed by atoms with van der Waals surface area (Å²) >= 11 is 1.15. The number of rotatable bonds is 4. The quantitative estimate of drug-likeness (QED) is 0.623. The van der Waals surface area contributed by atoms with Crippen LogP contribution in [0.3, 0.4) is 0 Å². The lowest BCUT2D eigenvalue weighted by Gasteiger charge is -2.30. The maximum atomic E-state index is 12.7. The Morgan fingerprint density at radius 2 is 1.86 bits per heavy atom. The molecule has 0 saturated carbocycles. The Bertz CT molecular complexity index is 977. The van der Waals surface area contributed by atoms with E-state index >= 15 is 0 Å². The summed E-state index contributed by atoms with van der Waals surface area (Å²) in [6.45, 7) is 1.21. The van der Waals surface area contributed by atoms with Crippen LogP contribution in [0.2, 0.25) is 0 Å². The minimum Gasteiger partial charge on any atom is -0.465 e. The maximum Gasteiger partial charge on any atom is 0.348 e. The van der Waals surface area contributed by atoms with Gasteiger partial charge in [-0.2, -0.15) is 4.98 Å². The number of likely N-dealkylation sites (tertiary alicyclic amines) is 1. The molecule has 4 heterocycles. The molecule has 4 rings (SSSR count). The lowest BCUT2D eigenvalue weighted by molar-refractivity contribution is 0.0606. The topological polar surface area (TPSA) is 98.4 Å². The van der Waals surface area contributed by atoms with Crippen LogP contribution in [-0.4, -0.2) is 52.1 Å². The number of hydrogen-bond donors (Lipinski definition) is 0. The minimum absolute atomic E-state index is 0.0656. The highest BCUT2D eigenvalue weighted by atomic mass is 32.1. The highest BCUT2D eigenvalue weighted by molar-refractivity contribution is 7.15. The van der Waals surface area contributed by atoms with Crippen LogP contribution in [0.25, 0.3) is 11.5 Å². The third-order valence-electron chi connectivity index (χ3n) is 4.72. The molecule has 144 valence electrons. The van der Waals surface area contributed by atoms with Gasteiger partial charge in [-0.3, -0.25) is 9.78 Å². The Morgan fingerprint density at radius 1 is 1.14 bits per heavy atom. The fourth-order valence-electron chi connectivity index (χ4n) is 3.17. The van der Waals surface area contributed by atoms with Gasteiger partial charge in [0, 0.05) is 37.0 Å². The summed E-state index contributed by atoms with van der Waals surface area (Å²) in [6.07, 6.45) is 4.88. The van der Waals surface area contributed by atoms with E-state index in [1.807, 2.05) is 12.1 Å². The molecule has 0 aromatic carbocycles. The summed E-state index contributed by atoms with van der Waals surface area (Å²) in [4.78, 5) is 35.5. The number of nitrogens with zero attached hydrogens (tertiary/aromatic N) is 4. The van der Waals surface area contributed by atoms with Gasteiger partial charge in [0.15, 0.2) is 5.82 Å². The largest absolute Gasteiger partial charge is 0.465 e. The number of piperidine rings is 1. The molecule has 0 radical (unpaired) electrons. The van der Waals surface area contributed by atoms with Crippen LogP contribution in [0, 0.1) is 0 Å². The number of amides is 1. The molecule has 1 fully saturated rings. The Morgan fingerprint density at radius 3 is 2.57 bits per heavy atom. The van der Waals surface area contributed by atoms with Crippen molar-refractivity contribution in [3.63, 3.8) is 0 Å². The molecule has 8 nitrogen and oxygen atoms in total. The average molecular weight is 398 g/mol. The Kier molecular flexibility index (Phi) is 5.16. The molecule has 3 aromatic heterocycles. The molecule has 0 spiro atoms. The molecule has 0 N–H and O–H groups in total. The van der Waals surface area contributed by atoms with Gasteiger partial charge in [-0.25, -0.2) is 4.79 Å². The molecule has 1 aliphatic rings. The first-order valence-corrected chi connectivity index (χ1v) is 9.69. The van der Waals surface area contributed by atoms with E-state index in [1.54, 1.807) is 29.4 Å². The number of carbonyl (C=O) groups excluding carboxylic acids is 2. The van der Waals surface area contributed by atoms with Crippen LogP contribution in [0.5, 0.6) is 0 Å². The zero-order valence-corrected chi connectivity index (χ0v) is 16.0. The SMILES string of the molecule is COC(=O)c1ccc(C(=O)N2CCC(c3noc(-c4ccncc4)n3)CC2)s1. The molecule has 0 unspecified atom stereocenters. The standard InChI is InChI=1S/C19H18N4O4S/c1-26-19(25)15-3-2-14(28-15)18(24)23-10-6-12(7-11-23)16-21-17(27-22-16)13-4-8-20-9-5-13/h2-5,8-9,12H,6-7,10-11H2,1H3. The van der Waals surface area contributed by atoms with Crippen molar-refractivity contribution in [2.75, 3.05) is 20.2 Å². The van der Waals surface area contributed by atoms with Gasteiger partial charge < -0.3 is 14.2 Å². The predicted octanol–water partition coefficient (Wildman–Crippen LogP) is 3.00. The number of hydrogen-bond acceptors (Lipinski definition) is 8. The van der Waals surface area contributed by atoms with Crippen LogP contribution >= 0.6 is 11.3 Å². The third kappa shape index (κ3) is 3.65. The number of ether oxygens (including phenoxy) is 1. The van der Waals surface area contributed by atoms with E-state index in [2.05, 4.69) is 15.1 Å². The Balaban J connectivity index is 1.38. The second-order valence-electron chi connectivity index (χ2n) is 6.42. The third-order valence-corrected chi connectivity index (χ3v) is 5.77. The first-order valence-electron chi connectivity index (χ1n) is 8.87. The Labute approximate surface area is 165 Å². The number of esters is 1. The van der Waals surface area contributed by atoms with Gasteiger partial charge in [0.2, 0.25) is 0 Å². The van der Waals surface area contributed by atoms with Crippen molar-refractivity contribution >= 4 is 23.2 Å². The van der Waals surface area contributed by atoms with E-state index < -0.39 is 5.97 Å². The summed E-state index contributed by atoms with van der Waals surface area (Å²) in [5.41, 5.74) is 0.834. The van der Waals surface area contributed by atoms with Crippen LogP contribution < -0.4 is 0 Å². The molecule has 0 aliphatic carbocycles. The van der Waals surface area contributed by atoms with Crippen molar-refractivity contribution < 1.29 is 18.8 Å². The van der Waals surface area contributed by atoms with Gasteiger partial charge >= 0.3 is 5.97 Å². The van der Waals surface area contributed by atoms with Crippen molar-refractivity contribution in [1.82, 2.24) is 20.0 Å². The van der Waals surface area contributed by atoms with E-state index in [9.17, 15) is 9.59 Å². The van der Waals surface area contributed by atoms with Gasteiger partial charge in [0.05, 0.1) is 12.0 Å². The molecule has 0 bridgehead atoms. The van der Waals surface area contributed by atoms with E-state index in [1.165, 1.54) is 7.11 Å². The fourth-order valence-corrected chi connectivity index (χ4v) is 4.06. The van der Waals surface area contributed by atoms with Crippen molar-refractivity contribution in [3.8, 4) is 11.5 Å². The van der Waals surface area contributed by atoms with Gasteiger partial charge in [-0.05, 0) is 37.1 Å².